The highest BCUT2D eigenvalue weighted by molar-refractivity contribution is 6.04. The highest BCUT2D eigenvalue weighted by Gasteiger charge is 2.16. The molecule has 1 amide bonds. The Morgan fingerprint density at radius 1 is 1.26 bits per heavy atom. The SMILES string of the molecule is CC(C)c1nccn1Cc1cccc(NC(=O)c2ccc(OCC3CCCO3)cc2)c1. The summed E-state index contributed by atoms with van der Waals surface area (Å²) < 4.78 is 13.5. The van der Waals surface area contributed by atoms with Gasteiger partial charge < -0.3 is 19.4 Å². The van der Waals surface area contributed by atoms with Crippen molar-refractivity contribution < 1.29 is 14.3 Å². The van der Waals surface area contributed by atoms with Gasteiger partial charge in [0.25, 0.3) is 5.91 Å². The maximum atomic E-state index is 12.7. The molecular weight excluding hydrogens is 390 g/mol. The molecule has 1 fully saturated rings. The van der Waals surface area contributed by atoms with E-state index in [4.69, 9.17) is 9.47 Å². The third kappa shape index (κ3) is 5.52. The number of amides is 1. The summed E-state index contributed by atoms with van der Waals surface area (Å²) in [6.45, 7) is 6.35. The summed E-state index contributed by atoms with van der Waals surface area (Å²) in [6.07, 6.45) is 6.13. The molecule has 1 N–H and O–H groups in total. The zero-order chi connectivity index (χ0) is 21.6. The third-order valence-corrected chi connectivity index (χ3v) is 5.38. The molecule has 2 heterocycles. The lowest BCUT2D eigenvalue weighted by molar-refractivity contribution is 0.0679. The first-order valence-corrected chi connectivity index (χ1v) is 10.8. The molecule has 0 saturated carbocycles. The molecule has 0 spiro atoms. The van der Waals surface area contributed by atoms with Gasteiger partial charge in [0.2, 0.25) is 0 Å². The maximum Gasteiger partial charge on any atom is 0.255 e. The van der Waals surface area contributed by atoms with E-state index in [1.54, 1.807) is 12.1 Å². The van der Waals surface area contributed by atoms with Gasteiger partial charge in [0.05, 0.1) is 6.10 Å². The van der Waals surface area contributed by atoms with E-state index in [0.717, 1.165) is 42.3 Å². The summed E-state index contributed by atoms with van der Waals surface area (Å²) in [5.41, 5.74) is 2.47. The minimum atomic E-state index is -0.145. The van der Waals surface area contributed by atoms with Crippen molar-refractivity contribution >= 4 is 11.6 Å². The third-order valence-electron chi connectivity index (χ3n) is 5.38. The molecule has 1 aromatic heterocycles. The zero-order valence-corrected chi connectivity index (χ0v) is 18.1. The fourth-order valence-corrected chi connectivity index (χ4v) is 3.77. The number of hydrogen-bond acceptors (Lipinski definition) is 4. The number of benzene rings is 2. The maximum absolute atomic E-state index is 12.7. The van der Waals surface area contributed by atoms with Gasteiger partial charge in [-0.05, 0) is 54.8 Å². The van der Waals surface area contributed by atoms with E-state index >= 15 is 0 Å². The molecule has 3 aromatic rings. The summed E-state index contributed by atoms with van der Waals surface area (Å²) in [6, 6.07) is 15.1. The van der Waals surface area contributed by atoms with Gasteiger partial charge in [-0.1, -0.05) is 26.0 Å². The van der Waals surface area contributed by atoms with E-state index in [9.17, 15) is 4.79 Å². The van der Waals surface area contributed by atoms with E-state index in [-0.39, 0.29) is 12.0 Å². The fourth-order valence-electron chi connectivity index (χ4n) is 3.77. The van der Waals surface area contributed by atoms with Crippen molar-refractivity contribution in [1.82, 2.24) is 9.55 Å². The van der Waals surface area contributed by atoms with Gasteiger partial charge in [0, 0.05) is 42.7 Å². The van der Waals surface area contributed by atoms with Crippen molar-refractivity contribution in [3.05, 3.63) is 77.9 Å². The van der Waals surface area contributed by atoms with Gasteiger partial charge in [-0.25, -0.2) is 4.98 Å². The molecule has 1 aliphatic rings. The number of imidazole rings is 1. The van der Waals surface area contributed by atoms with Gasteiger partial charge in [0.1, 0.15) is 18.2 Å². The van der Waals surface area contributed by atoms with E-state index in [0.29, 0.717) is 24.6 Å². The molecule has 0 bridgehead atoms. The van der Waals surface area contributed by atoms with E-state index in [2.05, 4.69) is 34.8 Å². The number of ether oxygens (including phenoxy) is 2. The van der Waals surface area contributed by atoms with Crippen molar-refractivity contribution in [1.29, 1.82) is 0 Å². The summed E-state index contributed by atoms with van der Waals surface area (Å²) >= 11 is 0. The van der Waals surface area contributed by atoms with Gasteiger partial charge in [-0.2, -0.15) is 0 Å². The second kappa shape index (κ2) is 9.79. The second-order valence-electron chi connectivity index (χ2n) is 8.19. The summed E-state index contributed by atoms with van der Waals surface area (Å²) in [7, 11) is 0. The molecule has 1 saturated heterocycles. The molecule has 31 heavy (non-hydrogen) atoms. The number of anilines is 1. The van der Waals surface area contributed by atoms with E-state index in [1.165, 1.54) is 0 Å². The molecule has 1 atom stereocenters. The number of rotatable bonds is 8. The number of carbonyl (C=O) groups excluding carboxylic acids is 1. The van der Waals surface area contributed by atoms with Crippen molar-refractivity contribution in [2.45, 2.75) is 45.3 Å². The molecule has 6 heteroatoms. The zero-order valence-electron chi connectivity index (χ0n) is 18.1. The summed E-state index contributed by atoms with van der Waals surface area (Å²) in [5.74, 6) is 2.01. The monoisotopic (exact) mass is 419 g/mol. The summed E-state index contributed by atoms with van der Waals surface area (Å²) in [4.78, 5) is 17.1. The first-order chi connectivity index (χ1) is 15.1. The van der Waals surface area contributed by atoms with Crippen LogP contribution in [0.4, 0.5) is 5.69 Å². The van der Waals surface area contributed by atoms with Crippen molar-refractivity contribution in [3.63, 3.8) is 0 Å². The Morgan fingerprint density at radius 3 is 2.84 bits per heavy atom. The Hall–Kier alpha value is -3.12. The van der Waals surface area contributed by atoms with Crippen LogP contribution in [0, 0.1) is 0 Å². The van der Waals surface area contributed by atoms with E-state index < -0.39 is 0 Å². The average Bonchev–Trinajstić information content (AvgIpc) is 3.45. The molecule has 4 rings (SSSR count). The molecule has 1 unspecified atom stereocenters. The molecule has 2 aromatic carbocycles. The highest BCUT2D eigenvalue weighted by atomic mass is 16.5. The van der Waals surface area contributed by atoms with Crippen LogP contribution in [-0.4, -0.2) is 34.8 Å². The van der Waals surface area contributed by atoms with Crippen LogP contribution in [0.5, 0.6) is 5.75 Å². The fraction of sp³-hybridized carbons (Fsp3) is 0.360. The average molecular weight is 420 g/mol. The second-order valence-corrected chi connectivity index (χ2v) is 8.19. The van der Waals surface area contributed by atoms with Crippen LogP contribution >= 0.6 is 0 Å². The summed E-state index contributed by atoms with van der Waals surface area (Å²) in [5, 5.41) is 2.99. The molecule has 0 aliphatic carbocycles. The van der Waals surface area contributed by atoms with Crippen molar-refractivity contribution in [3.8, 4) is 5.75 Å². The first-order valence-electron chi connectivity index (χ1n) is 10.8. The van der Waals surface area contributed by atoms with Crippen LogP contribution in [0.15, 0.2) is 60.9 Å². The van der Waals surface area contributed by atoms with Gasteiger partial charge in [-0.3, -0.25) is 4.79 Å². The molecule has 0 radical (unpaired) electrons. The predicted octanol–water partition coefficient (Wildman–Crippen LogP) is 4.86. The standard InChI is InChI=1S/C25H29N3O3/c1-18(2)24-26-12-13-28(24)16-19-5-3-6-21(15-19)27-25(29)20-8-10-22(11-9-20)31-17-23-7-4-14-30-23/h3,5-6,8-13,15,18,23H,4,7,14,16-17H2,1-2H3,(H,27,29). The normalized spacial score (nSPS) is 15.9. The molecular formula is C25H29N3O3. The number of hydrogen-bond donors (Lipinski definition) is 1. The van der Waals surface area contributed by atoms with Gasteiger partial charge in [-0.15, -0.1) is 0 Å². The van der Waals surface area contributed by atoms with Crippen LogP contribution in [0.25, 0.3) is 0 Å². The Labute approximate surface area is 183 Å². The first kappa shape index (κ1) is 21.1. The minimum Gasteiger partial charge on any atom is -0.491 e. The lowest BCUT2D eigenvalue weighted by Crippen LogP contribution is -2.16. The highest BCUT2D eigenvalue weighted by Crippen LogP contribution is 2.19. The van der Waals surface area contributed by atoms with Crippen LogP contribution in [0.1, 0.15) is 54.4 Å². The van der Waals surface area contributed by atoms with E-state index in [1.807, 2.05) is 42.7 Å². The lowest BCUT2D eigenvalue weighted by atomic mass is 10.1. The Balaban J connectivity index is 1.35. The Kier molecular flexibility index (Phi) is 6.67. The molecule has 162 valence electrons. The Bertz CT molecular complexity index is 1000. The smallest absolute Gasteiger partial charge is 0.255 e. The lowest BCUT2D eigenvalue weighted by Gasteiger charge is -2.13. The van der Waals surface area contributed by atoms with Crippen LogP contribution < -0.4 is 10.1 Å². The number of nitrogens with one attached hydrogen (secondary N) is 1. The molecule has 1 aliphatic heterocycles. The quantitative estimate of drug-likeness (QED) is 0.566. The topological polar surface area (TPSA) is 65.4 Å². The minimum absolute atomic E-state index is 0.145. The molecule has 6 nitrogen and oxygen atoms in total. The van der Waals surface area contributed by atoms with Crippen molar-refractivity contribution in [2.24, 2.45) is 0 Å². The number of aromatic nitrogens is 2. The van der Waals surface area contributed by atoms with Gasteiger partial charge in [0.15, 0.2) is 0 Å². The van der Waals surface area contributed by atoms with Crippen LogP contribution in [-0.2, 0) is 11.3 Å². The van der Waals surface area contributed by atoms with Crippen molar-refractivity contribution in [2.75, 3.05) is 18.5 Å². The predicted molar refractivity (Wildman–Crippen MR) is 121 cm³/mol. The van der Waals surface area contributed by atoms with Crippen LogP contribution in [0.3, 0.4) is 0 Å². The van der Waals surface area contributed by atoms with Gasteiger partial charge >= 0.3 is 0 Å². The number of carbonyl (C=O) groups is 1. The van der Waals surface area contributed by atoms with Crippen LogP contribution in [0.2, 0.25) is 0 Å². The Morgan fingerprint density at radius 2 is 2.10 bits per heavy atom. The largest absolute Gasteiger partial charge is 0.491 e. The number of nitrogens with zero attached hydrogens (tertiary/aromatic N) is 2.